The van der Waals surface area contributed by atoms with Gasteiger partial charge in [-0.3, -0.25) is 0 Å². The summed E-state index contributed by atoms with van der Waals surface area (Å²) in [6, 6.07) is 18.2. The molecular formula is C29H32Cl2N4O3S. The van der Waals surface area contributed by atoms with Crippen LogP contribution >= 0.6 is 23.2 Å². The van der Waals surface area contributed by atoms with Crippen molar-refractivity contribution < 1.29 is 13.2 Å². The van der Waals surface area contributed by atoms with Crippen LogP contribution in [-0.4, -0.2) is 51.3 Å². The molecule has 206 valence electrons. The number of halogens is 2. The Morgan fingerprint density at radius 3 is 2.33 bits per heavy atom. The van der Waals surface area contributed by atoms with Gasteiger partial charge in [-0.15, -0.1) is 11.6 Å². The van der Waals surface area contributed by atoms with Gasteiger partial charge in [0.2, 0.25) is 10.0 Å². The Bertz CT molecular complexity index is 1450. The van der Waals surface area contributed by atoms with E-state index < -0.39 is 15.4 Å². The predicted molar refractivity (Wildman–Crippen MR) is 157 cm³/mol. The maximum absolute atomic E-state index is 11.5. The summed E-state index contributed by atoms with van der Waals surface area (Å²) in [5.41, 5.74) is 4.03. The number of benzene rings is 2. The van der Waals surface area contributed by atoms with Gasteiger partial charge < -0.3 is 9.64 Å². The zero-order chi connectivity index (χ0) is 28.2. The normalized spacial score (nSPS) is 14.7. The molecule has 1 N–H and O–H groups in total. The second-order valence-corrected chi connectivity index (χ2v) is 12.8. The predicted octanol–water partition coefficient (Wildman–Crippen LogP) is 5.74. The standard InChI is InChI=1S/C29H32Cl2N4O3S/c1-29(2,24-16-22(18-32)28(26(31)17-24)38-15-12-30)23-7-4-20(5-8-23)21-6-9-27(33-19-21)35-13-10-25(11-14-35)34-39(3,36)37/h4-9,16-17,19,25,34H,10-15H2,1-3H3. The van der Waals surface area contributed by atoms with E-state index in [0.29, 0.717) is 22.2 Å². The molecule has 39 heavy (non-hydrogen) atoms. The number of rotatable bonds is 9. The number of nitrogens with zero attached hydrogens (tertiary/aromatic N) is 3. The number of pyridine rings is 1. The Morgan fingerprint density at radius 2 is 1.77 bits per heavy atom. The van der Waals surface area contributed by atoms with E-state index in [4.69, 9.17) is 27.9 Å². The van der Waals surface area contributed by atoms with Crippen molar-refractivity contribution in [2.75, 3.05) is 36.7 Å². The molecule has 0 radical (unpaired) electrons. The van der Waals surface area contributed by atoms with E-state index in [1.807, 2.05) is 24.4 Å². The molecule has 2 aromatic carbocycles. The highest BCUT2D eigenvalue weighted by Gasteiger charge is 2.26. The molecule has 0 amide bonds. The average molecular weight is 588 g/mol. The summed E-state index contributed by atoms with van der Waals surface area (Å²) >= 11 is 12.2. The number of hydrogen-bond acceptors (Lipinski definition) is 6. The van der Waals surface area contributed by atoms with Crippen LogP contribution in [0.4, 0.5) is 5.82 Å². The first-order chi connectivity index (χ1) is 18.5. The van der Waals surface area contributed by atoms with Crippen molar-refractivity contribution in [2.24, 2.45) is 0 Å². The second kappa shape index (κ2) is 12.1. The lowest BCUT2D eigenvalue weighted by Gasteiger charge is -2.32. The van der Waals surface area contributed by atoms with Crippen LogP contribution in [0.2, 0.25) is 5.02 Å². The summed E-state index contributed by atoms with van der Waals surface area (Å²) in [6.07, 6.45) is 4.57. The molecule has 10 heteroatoms. The maximum atomic E-state index is 11.5. The van der Waals surface area contributed by atoms with Crippen LogP contribution in [-0.2, 0) is 15.4 Å². The lowest BCUT2D eigenvalue weighted by atomic mass is 9.77. The van der Waals surface area contributed by atoms with Gasteiger partial charge in [0.05, 0.1) is 22.7 Å². The molecule has 3 aromatic rings. The van der Waals surface area contributed by atoms with E-state index in [1.54, 1.807) is 0 Å². The van der Waals surface area contributed by atoms with Gasteiger partial charge in [0.1, 0.15) is 18.5 Å². The highest BCUT2D eigenvalue weighted by Crippen LogP contribution is 2.38. The molecule has 7 nitrogen and oxygen atoms in total. The summed E-state index contributed by atoms with van der Waals surface area (Å²) < 4.78 is 31.3. The van der Waals surface area contributed by atoms with Crippen molar-refractivity contribution >= 4 is 39.0 Å². The summed E-state index contributed by atoms with van der Waals surface area (Å²) in [5.74, 6) is 1.56. The van der Waals surface area contributed by atoms with Gasteiger partial charge in [0.25, 0.3) is 0 Å². The van der Waals surface area contributed by atoms with Crippen molar-refractivity contribution in [2.45, 2.75) is 38.1 Å². The molecule has 0 saturated carbocycles. The quantitative estimate of drug-likeness (QED) is 0.321. The highest BCUT2D eigenvalue weighted by molar-refractivity contribution is 7.88. The smallest absolute Gasteiger partial charge is 0.208 e. The van der Waals surface area contributed by atoms with Crippen LogP contribution in [0.15, 0.2) is 54.7 Å². The number of alkyl halides is 1. The molecule has 4 rings (SSSR count). The molecule has 0 atom stereocenters. The first-order valence-corrected chi connectivity index (χ1v) is 15.5. The summed E-state index contributed by atoms with van der Waals surface area (Å²) in [4.78, 5) is 6.86. The van der Waals surface area contributed by atoms with E-state index >= 15 is 0 Å². The number of sulfonamides is 1. The number of nitriles is 1. The molecule has 2 heterocycles. The number of hydrogen-bond donors (Lipinski definition) is 1. The molecular weight excluding hydrogens is 555 g/mol. The number of anilines is 1. The van der Waals surface area contributed by atoms with E-state index in [9.17, 15) is 13.7 Å². The highest BCUT2D eigenvalue weighted by atomic mass is 35.5. The molecule has 1 aromatic heterocycles. The van der Waals surface area contributed by atoms with Crippen LogP contribution in [0.1, 0.15) is 43.4 Å². The molecule has 1 aliphatic heterocycles. The van der Waals surface area contributed by atoms with Crippen molar-refractivity contribution in [3.63, 3.8) is 0 Å². The van der Waals surface area contributed by atoms with Gasteiger partial charge >= 0.3 is 0 Å². The third-order valence-electron chi connectivity index (χ3n) is 7.10. The summed E-state index contributed by atoms with van der Waals surface area (Å²) in [6.45, 7) is 5.97. The monoisotopic (exact) mass is 586 g/mol. The SMILES string of the molecule is CC(C)(c1ccc(-c2ccc(N3CCC(NS(C)(=O)=O)CC3)nc2)cc1)c1cc(Cl)c(OCCCl)c(C#N)c1. The number of piperidine rings is 1. The van der Waals surface area contributed by atoms with Crippen molar-refractivity contribution in [1.29, 1.82) is 5.26 Å². The average Bonchev–Trinajstić information content (AvgIpc) is 2.91. The Morgan fingerprint density at radius 1 is 1.10 bits per heavy atom. The largest absolute Gasteiger partial charge is 0.489 e. The minimum absolute atomic E-state index is 0.0250. The molecule has 1 saturated heterocycles. The molecule has 1 fully saturated rings. The van der Waals surface area contributed by atoms with Crippen molar-refractivity contribution in [3.05, 3.63) is 76.4 Å². The third-order valence-corrected chi connectivity index (χ3v) is 8.29. The zero-order valence-corrected chi connectivity index (χ0v) is 24.6. The molecule has 1 aliphatic rings. The minimum atomic E-state index is -3.19. The van der Waals surface area contributed by atoms with Crippen LogP contribution in [0, 0.1) is 11.3 Å². The molecule has 0 spiro atoms. The van der Waals surface area contributed by atoms with Crippen LogP contribution in [0.3, 0.4) is 0 Å². The maximum Gasteiger partial charge on any atom is 0.208 e. The number of ether oxygens (including phenoxy) is 1. The van der Waals surface area contributed by atoms with E-state index in [0.717, 1.165) is 54.0 Å². The first kappa shape index (κ1) is 29.2. The van der Waals surface area contributed by atoms with Crippen LogP contribution < -0.4 is 14.4 Å². The Balaban J connectivity index is 1.47. The Hall–Kier alpha value is -2.83. The number of aromatic nitrogens is 1. The molecule has 0 unspecified atom stereocenters. The van der Waals surface area contributed by atoms with E-state index in [1.165, 1.54) is 6.26 Å². The van der Waals surface area contributed by atoms with E-state index in [-0.39, 0.29) is 12.6 Å². The van der Waals surface area contributed by atoms with Gasteiger partial charge in [0, 0.05) is 36.3 Å². The lowest BCUT2D eigenvalue weighted by molar-refractivity contribution is 0.341. The third kappa shape index (κ3) is 7.03. The van der Waals surface area contributed by atoms with Crippen LogP contribution in [0.5, 0.6) is 5.75 Å². The van der Waals surface area contributed by atoms with Gasteiger partial charge in [-0.25, -0.2) is 18.1 Å². The molecule has 0 bridgehead atoms. The fourth-order valence-electron chi connectivity index (χ4n) is 4.84. The Labute approximate surface area is 240 Å². The first-order valence-electron chi connectivity index (χ1n) is 12.7. The van der Waals surface area contributed by atoms with Crippen molar-refractivity contribution in [3.8, 4) is 22.9 Å². The van der Waals surface area contributed by atoms with E-state index in [2.05, 4.69) is 64.9 Å². The minimum Gasteiger partial charge on any atom is -0.489 e. The van der Waals surface area contributed by atoms with Crippen molar-refractivity contribution in [1.82, 2.24) is 9.71 Å². The topological polar surface area (TPSA) is 95.3 Å². The van der Waals surface area contributed by atoms with Gasteiger partial charge in [-0.1, -0.05) is 49.7 Å². The van der Waals surface area contributed by atoms with Crippen LogP contribution in [0.25, 0.3) is 11.1 Å². The lowest BCUT2D eigenvalue weighted by Crippen LogP contribution is -2.44. The second-order valence-electron chi connectivity index (χ2n) is 10.2. The summed E-state index contributed by atoms with van der Waals surface area (Å²) in [7, 11) is -3.19. The fraction of sp³-hybridized carbons (Fsp3) is 0.379. The fourth-order valence-corrected chi connectivity index (χ4v) is 6.04. The Kier molecular flexibility index (Phi) is 9.07. The zero-order valence-electron chi connectivity index (χ0n) is 22.2. The summed E-state index contributed by atoms with van der Waals surface area (Å²) in [5, 5.41) is 10.1. The molecule has 0 aliphatic carbocycles. The van der Waals surface area contributed by atoms with Gasteiger partial charge in [-0.2, -0.15) is 5.26 Å². The number of nitrogens with one attached hydrogen (secondary N) is 1. The van der Waals surface area contributed by atoms with Gasteiger partial charge in [-0.05, 0) is 53.8 Å². The van der Waals surface area contributed by atoms with Gasteiger partial charge in [0.15, 0.2) is 5.75 Å².